The number of carbonyl (C=O) groups excluding carboxylic acids is 2. The van der Waals surface area contributed by atoms with Gasteiger partial charge in [0.2, 0.25) is 10.0 Å². The Hall–Kier alpha value is -1.97. The molecule has 2 atom stereocenters. The average Bonchev–Trinajstić information content (AvgIpc) is 3.01. The van der Waals surface area contributed by atoms with Crippen LogP contribution in [0.4, 0.5) is 0 Å². The van der Waals surface area contributed by atoms with Crippen molar-refractivity contribution in [2.75, 3.05) is 39.5 Å². The van der Waals surface area contributed by atoms with Crippen LogP contribution in [-0.4, -0.2) is 75.0 Å². The molecule has 0 N–H and O–H groups in total. The van der Waals surface area contributed by atoms with Crippen molar-refractivity contribution in [3.63, 3.8) is 0 Å². The van der Waals surface area contributed by atoms with Crippen LogP contribution in [0.5, 0.6) is 0 Å². The van der Waals surface area contributed by atoms with Crippen molar-refractivity contribution in [3.8, 4) is 0 Å². The molecule has 2 heterocycles. The standard InChI is InChI=1S/C24H34N2O6S/c1-17-5-6-18(11-20(17)33(29,30)25-7-9-31-10-8-25)22(28)32-14-21(27)26-16-24(4)13-19(26)12-23(2,3)15-24/h5-6,11,19H,7-10,12-16H2,1-4H3/t19-,24-/m1/s1. The van der Waals surface area contributed by atoms with Crippen LogP contribution in [-0.2, 0) is 24.3 Å². The first kappa shape index (κ1) is 24.2. The van der Waals surface area contributed by atoms with Gasteiger partial charge in [-0.15, -0.1) is 0 Å². The summed E-state index contributed by atoms with van der Waals surface area (Å²) in [6.45, 7) is 9.98. The lowest BCUT2D eigenvalue weighted by molar-refractivity contribution is -0.135. The number of morpholine rings is 1. The van der Waals surface area contributed by atoms with Crippen LogP contribution in [0.3, 0.4) is 0 Å². The molecule has 1 aromatic rings. The zero-order chi connectivity index (χ0) is 24.0. The molecule has 1 saturated carbocycles. The number of sulfonamides is 1. The summed E-state index contributed by atoms with van der Waals surface area (Å²) in [5.41, 5.74) is 0.960. The number of benzene rings is 1. The fraction of sp³-hybridized carbons (Fsp3) is 0.667. The molecule has 0 unspecified atom stereocenters. The summed E-state index contributed by atoms with van der Waals surface area (Å²) >= 11 is 0. The number of ether oxygens (including phenoxy) is 2. The maximum atomic E-state index is 13.1. The van der Waals surface area contributed by atoms with Gasteiger partial charge in [0.1, 0.15) is 0 Å². The minimum Gasteiger partial charge on any atom is -0.452 e. The maximum Gasteiger partial charge on any atom is 0.338 e. The van der Waals surface area contributed by atoms with Gasteiger partial charge >= 0.3 is 5.97 Å². The second-order valence-electron chi connectivity index (χ2n) is 10.8. The summed E-state index contributed by atoms with van der Waals surface area (Å²) in [7, 11) is -3.75. The number of nitrogens with zero attached hydrogens (tertiary/aromatic N) is 2. The van der Waals surface area contributed by atoms with Gasteiger partial charge in [-0.1, -0.05) is 26.8 Å². The molecule has 1 aliphatic carbocycles. The summed E-state index contributed by atoms with van der Waals surface area (Å²) in [4.78, 5) is 27.5. The molecule has 3 fully saturated rings. The van der Waals surface area contributed by atoms with Crippen LogP contribution in [0.25, 0.3) is 0 Å². The first-order valence-electron chi connectivity index (χ1n) is 11.6. The van der Waals surface area contributed by atoms with E-state index in [1.54, 1.807) is 13.0 Å². The van der Waals surface area contributed by atoms with E-state index in [0.717, 1.165) is 19.3 Å². The van der Waals surface area contributed by atoms with Crippen LogP contribution in [0.15, 0.2) is 23.1 Å². The van der Waals surface area contributed by atoms with Crippen LogP contribution in [0, 0.1) is 17.8 Å². The Kier molecular flexibility index (Phi) is 6.35. The van der Waals surface area contributed by atoms with Crippen LogP contribution in [0.2, 0.25) is 0 Å². The minimum absolute atomic E-state index is 0.0775. The zero-order valence-corrected chi connectivity index (χ0v) is 20.7. The fourth-order valence-corrected chi connectivity index (χ4v) is 7.63. The molecule has 1 aromatic carbocycles. The molecule has 182 valence electrons. The van der Waals surface area contributed by atoms with Gasteiger partial charge in [-0.25, -0.2) is 13.2 Å². The number of fused-ring (bicyclic) bond motifs is 2. The van der Waals surface area contributed by atoms with Gasteiger partial charge in [0.25, 0.3) is 5.91 Å². The average molecular weight is 479 g/mol. The normalized spacial score (nSPS) is 27.4. The van der Waals surface area contributed by atoms with Crippen LogP contribution >= 0.6 is 0 Å². The highest BCUT2D eigenvalue weighted by Crippen LogP contribution is 2.52. The molecule has 0 spiro atoms. The Morgan fingerprint density at radius 3 is 2.55 bits per heavy atom. The number of amides is 1. The van der Waals surface area contributed by atoms with E-state index < -0.39 is 16.0 Å². The number of rotatable bonds is 5. The molecule has 9 heteroatoms. The topological polar surface area (TPSA) is 93.2 Å². The molecular weight excluding hydrogens is 444 g/mol. The fourth-order valence-electron chi connectivity index (χ4n) is 5.98. The number of likely N-dealkylation sites (tertiary alicyclic amines) is 1. The molecule has 2 aliphatic heterocycles. The summed E-state index contributed by atoms with van der Waals surface area (Å²) in [5, 5.41) is 0. The lowest BCUT2D eigenvalue weighted by atomic mass is 9.65. The Bertz CT molecular complexity index is 1050. The number of hydrogen-bond donors (Lipinski definition) is 0. The highest BCUT2D eigenvalue weighted by molar-refractivity contribution is 7.89. The van der Waals surface area contributed by atoms with E-state index in [0.29, 0.717) is 25.3 Å². The molecule has 2 saturated heterocycles. The first-order valence-corrected chi connectivity index (χ1v) is 13.0. The number of aryl methyl sites for hydroxylation is 1. The van der Waals surface area contributed by atoms with Gasteiger partial charge in [-0.2, -0.15) is 4.31 Å². The molecule has 4 rings (SSSR count). The van der Waals surface area contributed by atoms with E-state index in [-0.39, 0.29) is 52.9 Å². The Morgan fingerprint density at radius 2 is 1.85 bits per heavy atom. The highest BCUT2D eigenvalue weighted by Gasteiger charge is 2.51. The molecule has 0 aromatic heterocycles. The highest BCUT2D eigenvalue weighted by atomic mass is 32.2. The Morgan fingerprint density at radius 1 is 1.15 bits per heavy atom. The maximum absolute atomic E-state index is 13.1. The van der Waals surface area contributed by atoms with E-state index in [9.17, 15) is 18.0 Å². The monoisotopic (exact) mass is 478 g/mol. The van der Waals surface area contributed by atoms with Gasteiger partial charge in [-0.05, 0) is 54.7 Å². The van der Waals surface area contributed by atoms with E-state index in [1.807, 2.05) is 4.90 Å². The second kappa shape index (κ2) is 8.67. The molecule has 2 bridgehead atoms. The van der Waals surface area contributed by atoms with Crippen molar-refractivity contribution in [1.29, 1.82) is 0 Å². The van der Waals surface area contributed by atoms with Crippen molar-refractivity contribution in [2.45, 2.75) is 57.9 Å². The van der Waals surface area contributed by atoms with Crippen molar-refractivity contribution < 1.29 is 27.5 Å². The van der Waals surface area contributed by atoms with E-state index in [4.69, 9.17) is 9.47 Å². The van der Waals surface area contributed by atoms with Gasteiger partial charge in [0.15, 0.2) is 6.61 Å². The van der Waals surface area contributed by atoms with Gasteiger partial charge in [0, 0.05) is 25.7 Å². The van der Waals surface area contributed by atoms with Crippen molar-refractivity contribution in [3.05, 3.63) is 29.3 Å². The molecule has 8 nitrogen and oxygen atoms in total. The van der Waals surface area contributed by atoms with E-state index in [1.165, 1.54) is 16.4 Å². The van der Waals surface area contributed by atoms with Crippen molar-refractivity contribution >= 4 is 21.9 Å². The van der Waals surface area contributed by atoms with E-state index >= 15 is 0 Å². The minimum atomic E-state index is -3.75. The van der Waals surface area contributed by atoms with Gasteiger partial charge in [-0.3, -0.25) is 4.79 Å². The van der Waals surface area contributed by atoms with Crippen molar-refractivity contribution in [2.24, 2.45) is 10.8 Å². The zero-order valence-electron chi connectivity index (χ0n) is 19.9. The molecule has 1 amide bonds. The quantitative estimate of drug-likeness (QED) is 0.604. The molecular formula is C24H34N2O6S. The molecule has 33 heavy (non-hydrogen) atoms. The van der Waals surface area contributed by atoms with Crippen LogP contribution < -0.4 is 0 Å². The molecule has 0 radical (unpaired) electrons. The Labute approximate surface area is 196 Å². The smallest absolute Gasteiger partial charge is 0.338 e. The second-order valence-corrected chi connectivity index (χ2v) is 12.7. The third-order valence-corrected chi connectivity index (χ3v) is 9.11. The molecule has 3 aliphatic rings. The summed E-state index contributed by atoms with van der Waals surface area (Å²) in [6, 6.07) is 4.65. The third-order valence-electron chi connectivity index (χ3n) is 7.07. The summed E-state index contributed by atoms with van der Waals surface area (Å²) in [5.74, 6) is -0.890. The predicted molar refractivity (Wildman–Crippen MR) is 122 cm³/mol. The summed E-state index contributed by atoms with van der Waals surface area (Å²) < 4.78 is 38.1. The van der Waals surface area contributed by atoms with Gasteiger partial charge in [0.05, 0.1) is 23.7 Å². The van der Waals surface area contributed by atoms with Crippen molar-refractivity contribution in [1.82, 2.24) is 9.21 Å². The number of carbonyl (C=O) groups is 2. The Balaban J connectivity index is 1.43. The lowest BCUT2D eigenvalue weighted by Gasteiger charge is -2.39. The largest absolute Gasteiger partial charge is 0.452 e. The third kappa shape index (κ3) is 4.95. The van der Waals surface area contributed by atoms with Crippen LogP contribution in [0.1, 0.15) is 56.0 Å². The number of esters is 1. The van der Waals surface area contributed by atoms with E-state index in [2.05, 4.69) is 20.8 Å². The first-order chi connectivity index (χ1) is 15.4. The number of hydrogen-bond acceptors (Lipinski definition) is 6. The van der Waals surface area contributed by atoms with Gasteiger partial charge < -0.3 is 14.4 Å². The lowest BCUT2D eigenvalue weighted by Crippen LogP contribution is -2.41. The summed E-state index contributed by atoms with van der Waals surface area (Å²) in [6.07, 6.45) is 3.00. The SMILES string of the molecule is Cc1ccc(C(=O)OCC(=O)N2C[C@]3(C)C[C@H]2CC(C)(C)C3)cc1S(=O)(=O)N1CCOCC1. The predicted octanol–water partition coefficient (Wildman–Crippen LogP) is 2.60.